The molecule has 2 aromatic rings. The van der Waals surface area contributed by atoms with E-state index in [0.717, 1.165) is 29.7 Å². The van der Waals surface area contributed by atoms with Gasteiger partial charge in [-0.2, -0.15) is 0 Å². The smallest absolute Gasteiger partial charge is 0.134 e. The zero-order chi connectivity index (χ0) is 13.2. The quantitative estimate of drug-likeness (QED) is 0.871. The van der Waals surface area contributed by atoms with Gasteiger partial charge in [0, 0.05) is 5.39 Å². The van der Waals surface area contributed by atoms with Crippen molar-refractivity contribution in [3.05, 3.63) is 36.1 Å². The van der Waals surface area contributed by atoms with Crippen LogP contribution in [0, 0.1) is 11.8 Å². The molecule has 0 amide bonds. The fraction of sp³-hybridized carbons (Fsp3) is 0.529. The Morgan fingerprint density at radius 1 is 1.32 bits per heavy atom. The third-order valence-electron chi connectivity index (χ3n) is 4.39. The molecule has 2 heteroatoms. The first-order valence-corrected chi connectivity index (χ1v) is 7.44. The van der Waals surface area contributed by atoms with Gasteiger partial charge in [-0.05, 0) is 50.3 Å². The van der Waals surface area contributed by atoms with E-state index in [1.165, 1.54) is 24.6 Å². The van der Waals surface area contributed by atoms with Crippen LogP contribution < -0.4 is 5.32 Å². The third kappa shape index (κ3) is 2.84. The third-order valence-corrected chi connectivity index (χ3v) is 4.39. The van der Waals surface area contributed by atoms with Gasteiger partial charge < -0.3 is 9.73 Å². The molecule has 3 rings (SSSR count). The van der Waals surface area contributed by atoms with Crippen molar-refractivity contribution in [1.82, 2.24) is 5.32 Å². The maximum atomic E-state index is 5.90. The van der Waals surface area contributed by atoms with Gasteiger partial charge in [0.15, 0.2) is 0 Å². The lowest BCUT2D eigenvalue weighted by molar-refractivity contribution is 0.401. The van der Waals surface area contributed by atoms with E-state index >= 15 is 0 Å². The summed E-state index contributed by atoms with van der Waals surface area (Å²) in [6, 6.07) is 10.7. The summed E-state index contributed by atoms with van der Waals surface area (Å²) < 4.78 is 5.90. The lowest BCUT2D eigenvalue weighted by atomic mass is 10.1. The van der Waals surface area contributed by atoms with Crippen LogP contribution in [0.3, 0.4) is 0 Å². The summed E-state index contributed by atoms with van der Waals surface area (Å²) in [5, 5.41) is 4.82. The van der Waals surface area contributed by atoms with E-state index in [2.05, 4.69) is 37.4 Å². The molecule has 3 atom stereocenters. The number of furan rings is 1. The number of hydrogen-bond acceptors (Lipinski definition) is 2. The molecule has 1 heterocycles. The van der Waals surface area contributed by atoms with Crippen LogP contribution in [0.15, 0.2) is 34.7 Å². The molecular weight excluding hydrogens is 234 g/mol. The topological polar surface area (TPSA) is 25.2 Å². The lowest BCUT2D eigenvalue weighted by Gasteiger charge is -2.15. The molecule has 102 valence electrons. The van der Waals surface area contributed by atoms with E-state index in [1.807, 2.05) is 12.1 Å². The fourth-order valence-corrected chi connectivity index (χ4v) is 3.17. The maximum Gasteiger partial charge on any atom is 0.134 e. The van der Waals surface area contributed by atoms with Gasteiger partial charge in [-0.25, -0.2) is 0 Å². The molecule has 1 aromatic heterocycles. The normalized spacial score (nSPS) is 24.9. The Hall–Kier alpha value is -1.28. The molecule has 1 aliphatic carbocycles. The molecular formula is C17H23NO. The van der Waals surface area contributed by atoms with Crippen molar-refractivity contribution < 1.29 is 4.42 Å². The van der Waals surface area contributed by atoms with Gasteiger partial charge in [0.05, 0.1) is 6.04 Å². The van der Waals surface area contributed by atoms with Crippen molar-refractivity contribution in [2.45, 2.75) is 39.2 Å². The van der Waals surface area contributed by atoms with Crippen molar-refractivity contribution in [3.8, 4) is 0 Å². The van der Waals surface area contributed by atoms with E-state index in [0.29, 0.717) is 6.04 Å². The number of para-hydroxylation sites is 1. The van der Waals surface area contributed by atoms with Crippen LogP contribution in [-0.2, 0) is 0 Å². The molecule has 0 bridgehead atoms. The summed E-state index contributed by atoms with van der Waals surface area (Å²) in [5.74, 6) is 2.81. The van der Waals surface area contributed by atoms with Crippen LogP contribution in [0.1, 0.15) is 44.9 Å². The first kappa shape index (κ1) is 12.7. The molecule has 0 spiro atoms. The molecule has 1 N–H and O–H groups in total. The average Bonchev–Trinajstić information content (AvgIpc) is 3.01. The predicted octanol–water partition coefficient (Wildman–Crippen LogP) is 4.52. The highest BCUT2D eigenvalue weighted by molar-refractivity contribution is 5.77. The molecule has 0 saturated heterocycles. The molecule has 0 radical (unpaired) electrons. The van der Waals surface area contributed by atoms with E-state index in [9.17, 15) is 0 Å². The van der Waals surface area contributed by atoms with E-state index in [1.54, 1.807) is 0 Å². The number of fused-ring (bicyclic) bond motifs is 1. The first-order chi connectivity index (χ1) is 9.22. The van der Waals surface area contributed by atoms with Crippen molar-refractivity contribution >= 4 is 11.0 Å². The molecule has 1 fully saturated rings. The highest BCUT2D eigenvalue weighted by Crippen LogP contribution is 2.30. The van der Waals surface area contributed by atoms with Gasteiger partial charge in [0.2, 0.25) is 0 Å². The second kappa shape index (κ2) is 5.38. The van der Waals surface area contributed by atoms with Gasteiger partial charge in [-0.3, -0.25) is 0 Å². The summed E-state index contributed by atoms with van der Waals surface area (Å²) in [4.78, 5) is 0. The van der Waals surface area contributed by atoms with Crippen LogP contribution in [0.4, 0.5) is 0 Å². The molecule has 0 aliphatic heterocycles. The van der Waals surface area contributed by atoms with Crippen molar-refractivity contribution in [2.24, 2.45) is 11.8 Å². The average molecular weight is 257 g/mol. The van der Waals surface area contributed by atoms with Crippen molar-refractivity contribution in [2.75, 3.05) is 6.54 Å². The molecule has 2 nitrogen and oxygen atoms in total. The maximum absolute atomic E-state index is 5.90. The summed E-state index contributed by atoms with van der Waals surface area (Å²) >= 11 is 0. The van der Waals surface area contributed by atoms with E-state index < -0.39 is 0 Å². The van der Waals surface area contributed by atoms with Crippen LogP contribution in [-0.4, -0.2) is 6.54 Å². The van der Waals surface area contributed by atoms with Gasteiger partial charge in [0.1, 0.15) is 11.3 Å². The first-order valence-electron chi connectivity index (χ1n) is 7.44. The molecule has 19 heavy (non-hydrogen) atoms. The van der Waals surface area contributed by atoms with Gasteiger partial charge >= 0.3 is 0 Å². The Bertz CT molecular complexity index is 512. The van der Waals surface area contributed by atoms with Crippen LogP contribution in [0.2, 0.25) is 0 Å². The molecule has 1 aromatic carbocycles. The molecule has 3 unspecified atom stereocenters. The summed E-state index contributed by atoms with van der Waals surface area (Å²) in [6.45, 7) is 5.67. The minimum Gasteiger partial charge on any atom is -0.459 e. The standard InChI is InChI=1S/C17H23NO/c1-12-7-8-14(9-12)11-18-13(2)17-10-15-5-3-4-6-16(15)19-17/h3-6,10,12-14,18H,7-9,11H2,1-2H3. The fourth-order valence-electron chi connectivity index (χ4n) is 3.17. The minimum absolute atomic E-state index is 0.295. The highest BCUT2D eigenvalue weighted by Gasteiger charge is 2.22. The zero-order valence-electron chi connectivity index (χ0n) is 11.9. The van der Waals surface area contributed by atoms with Gasteiger partial charge in [0.25, 0.3) is 0 Å². The van der Waals surface area contributed by atoms with Gasteiger partial charge in [-0.1, -0.05) is 31.5 Å². The largest absolute Gasteiger partial charge is 0.459 e. The second-order valence-electron chi connectivity index (χ2n) is 6.10. The lowest BCUT2D eigenvalue weighted by Crippen LogP contribution is -2.24. The van der Waals surface area contributed by atoms with Crippen LogP contribution in [0.25, 0.3) is 11.0 Å². The second-order valence-corrected chi connectivity index (χ2v) is 6.10. The molecule has 1 aliphatic rings. The van der Waals surface area contributed by atoms with Crippen molar-refractivity contribution in [3.63, 3.8) is 0 Å². The monoisotopic (exact) mass is 257 g/mol. The Labute approximate surface area is 115 Å². The van der Waals surface area contributed by atoms with E-state index in [4.69, 9.17) is 4.42 Å². The van der Waals surface area contributed by atoms with Crippen molar-refractivity contribution in [1.29, 1.82) is 0 Å². The Kier molecular flexibility index (Phi) is 3.61. The number of rotatable bonds is 4. The molecule has 1 saturated carbocycles. The van der Waals surface area contributed by atoms with Crippen LogP contribution >= 0.6 is 0 Å². The Morgan fingerprint density at radius 2 is 2.16 bits per heavy atom. The Morgan fingerprint density at radius 3 is 2.89 bits per heavy atom. The number of benzene rings is 1. The van der Waals surface area contributed by atoms with Gasteiger partial charge in [-0.15, -0.1) is 0 Å². The van der Waals surface area contributed by atoms with E-state index in [-0.39, 0.29) is 0 Å². The Balaban J connectivity index is 1.61. The summed E-state index contributed by atoms with van der Waals surface area (Å²) in [5.41, 5.74) is 0.987. The summed E-state index contributed by atoms with van der Waals surface area (Å²) in [7, 11) is 0. The highest BCUT2D eigenvalue weighted by atomic mass is 16.3. The number of nitrogens with one attached hydrogen (secondary N) is 1. The SMILES string of the molecule is CC1CCC(CNC(C)c2cc3ccccc3o2)C1. The van der Waals surface area contributed by atoms with Crippen LogP contribution in [0.5, 0.6) is 0 Å². The summed E-state index contributed by atoms with van der Waals surface area (Å²) in [6.07, 6.45) is 4.15. The number of hydrogen-bond donors (Lipinski definition) is 1. The zero-order valence-corrected chi connectivity index (χ0v) is 11.9. The minimum atomic E-state index is 0.295. The predicted molar refractivity (Wildman–Crippen MR) is 79.1 cm³/mol.